The summed E-state index contributed by atoms with van der Waals surface area (Å²) in [6, 6.07) is 13.6. The van der Waals surface area contributed by atoms with Crippen molar-refractivity contribution < 1.29 is 9.78 Å². The highest BCUT2D eigenvalue weighted by Crippen LogP contribution is 2.37. The molecule has 2 aromatic rings. The van der Waals surface area contributed by atoms with Crippen LogP contribution in [0.15, 0.2) is 42.5 Å². The van der Waals surface area contributed by atoms with Gasteiger partial charge in [-0.1, -0.05) is 71.3 Å². The van der Waals surface area contributed by atoms with Gasteiger partial charge in [0, 0.05) is 10.6 Å². The zero-order valence-corrected chi connectivity index (χ0v) is 15.5. The summed E-state index contributed by atoms with van der Waals surface area (Å²) in [4.78, 5) is 11.1. The fourth-order valence-electron chi connectivity index (χ4n) is 2.41. The molecule has 0 radical (unpaired) electrons. The summed E-state index contributed by atoms with van der Waals surface area (Å²) in [6.07, 6.45) is 0. The summed E-state index contributed by atoms with van der Waals surface area (Å²) in [5.41, 5.74) is 2.18. The van der Waals surface area contributed by atoms with Crippen molar-refractivity contribution in [2.45, 2.75) is 52.4 Å². The van der Waals surface area contributed by atoms with E-state index in [1.54, 1.807) is 0 Å². The van der Waals surface area contributed by atoms with Gasteiger partial charge >= 0.3 is 0 Å². The first kappa shape index (κ1) is 17.7. The molecule has 0 saturated carbocycles. The molecule has 0 amide bonds. The lowest BCUT2D eigenvalue weighted by molar-refractivity contribution is -0.101. The monoisotopic (exact) mass is 332 g/mol. The van der Waals surface area contributed by atoms with Crippen LogP contribution in [0, 0.1) is 0 Å². The van der Waals surface area contributed by atoms with Crippen molar-refractivity contribution in [2.75, 3.05) is 0 Å². The van der Waals surface area contributed by atoms with Gasteiger partial charge in [-0.15, -0.1) is 0 Å². The first-order valence-corrected chi connectivity index (χ1v) is 8.21. The predicted octanol–water partition coefficient (Wildman–Crippen LogP) is 6.31. The van der Waals surface area contributed by atoms with Crippen molar-refractivity contribution >= 4 is 11.6 Å². The van der Waals surface area contributed by atoms with E-state index in [1.807, 2.05) is 30.3 Å². The Kier molecular flexibility index (Phi) is 4.95. The molecule has 124 valence electrons. The summed E-state index contributed by atoms with van der Waals surface area (Å²) in [6.45, 7) is 12.8. The first-order valence-electron chi connectivity index (χ1n) is 7.83. The maximum Gasteiger partial charge on any atom is 0.183 e. The molecule has 23 heavy (non-hydrogen) atoms. The fourth-order valence-corrected chi connectivity index (χ4v) is 2.85. The van der Waals surface area contributed by atoms with Crippen LogP contribution in [0.2, 0.25) is 5.02 Å². The van der Waals surface area contributed by atoms with Crippen LogP contribution in [0.3, 0.4) is 0 Å². The largest absolute Gasteiger partial charge is 0.290 e. The third-order valence-corrected chi connectivity index (χ3v) is 3.99. The molecule has 0 saturated heterocycles. The van der Waals surface area contributed by atoms with Crippen molar-refractivity contribution in [2.24, 2.45) is 0 Å². The average Bonchev–Trinajstić information content (AvgIpc) is 2.43. The molecule has 0 spiro atoms. The first-order chi connectivity index (χ1) is 10.6. The molecule has 0 aliphatic rings. The Labute approximate surface area is 144 Å². The molecular formula is C20H25ClO2. The van der Waals surface area contributed by atoms with E-state index in [2.05, 4.69) is 53.7 Å². The van der Waals surface area contributed by atoms with E-state index < -0.39 is 0 Å². The van der Waals surface area contributed by atoms with Gasteiger partial charge < -0.3 is 0 Å². The smallest absolute Gasteiger partial charge is 0.183 e. The van der Waals surface area contributed by atoms with Gasteiger partial charge in [0.15, 0.2) is 11.5 Å². The molecule has 0 N–H and O–H groups in total. The van der Waals surface area contributed by atoms with Crippen LogP contribution in [0.4, 0.5) is 0 Å². The zero-order valence-electron chi connectivity index (χ0n) is 14.7. The van der Waals surface area contributed by atoms with E-state index in [1.165, 1.54) is 5.56 Å². The molecule has 0 heterocycles. The van der Waals surface area contributed by atoms with Crippen molar-refractivity contribution in [1.29, 1.82) is 0 Å². The highest BCUT2D eigenvalue weighted by Gasteiger charge is 2.23. The Balaban J connectivity index is 2.17. The van der Waals surface area contributed by atoms with Crippen LogP contribution in [0.25, 0.3) is 0 Å². The molecule has 0 fully saturated rings. The van der Waals surface area contributed by atoms with Crippen LogP contribution in [0.1, 0.15) is 52.7 Å². The zero-order chi connectivity index (χ0) is 17.3. The van der Waals surface area contributed by atoms with Crippen molar-refractivity contribution in [3.63, 3.8) is 0 Å². The van der Waals surface area contributed by atoms with Gasteiger partial charge in [-0.25, -0.2) is 0 Å². The third-order valence-electron chi connectivity index (χ3n) is 3.67. The maximum atomic E-state index is 6.33. The number of benzene rings is 2. The average molecular weight is 333 g/mol. The van der Waals surface area contributed by atoms with E-state index in [9.17, 15) is 0 Å². The highest BCUT2D eigenvalue weighted by molar-refractivity contribution is 6.31. The van der Waals surface area contributed by atoms with E-state index in [0.29, 0.717) is 16.5 Å². The normalized spacial score (nSPS) is 12.1. The number of rotatable bonds is 3. The Morgan fingerprint density at radius 2 is 1.35 bits per heavy atom. The molecule has 0 aliphatic carbocycles. The molecule has 0 atom stereocenters. The molecule has 0 bridgehead atoms. The second kappa shape index (κ2) is 6.45. The summed E-state index contributed by atoms with van der Waals surface area (Å²) in [7, 11) is 0. The van der Waals surface area contributed by atoms with Gasteiger partial charge in [-0.3, -0.25) is 9.78 Å². The summed E-state index contributed by atoms with van der Waals surface area (Å²) < 4.78 is 0. The fraction of sp³-hybridized carbons (Fsp3) is 0.400. The highest BCUT2D eigenvalue weighted by atomic mass is 35.5. The Hall–Kier alpha value is -1.67. The molecule has 2 rings (SSSR count). The second-order valence-corrected chi connectivity index (χ2v) is 8.21. The maximum absolute atomic E-state index is 6.33. The quantitative estimate of drug-likeness (QED) is 0.484. The second-order valence-electron chi connectivity index (χ2n) is 7.80. The minimum Gasteiger partial charge on any atom is -0.290 e. The van der Waals surface area contributed by atoms with Gasteiger partial charge in [-0.05, 0) is 40.7 Å². The molecule has 0 unspecified atom stereocenters. The van der Waals surface area contributed by atoms with Gasteiger partial charge in [0.2, 0.25) is 0 Å². The van der Waals surface area contributed by atoms with Gasteiger partial charge in [0.25, 0.3) is 0 Å². The lowest BCUT2D eigenvalue weighted by Gasteiger charge is -2.23. The van der Waals surface area contributed by atoms with Crippen molar-refractivity contribution in [3.05, 3.63) is 58.6 Å². The van der Waals surface area contributed by atoms with E-state index >= 15 is 0 Å². The van der Waals surface area contributed by atoms with Crippen LogP contribution in [0.5, 0.6) is 11.5 Å². The van der Waals surface area contributed by atoms with E-state index in [4.69, 9.17) is 21.4 Å². The Morgan fingerprint density at radius 1 is 0.739 bits per heavy atom. The van der Waals surface area contributed by atoms with Crippen LogP contribution in [-0.2, 0) is 10.8 Å². The SMILES string of the molecule is CC(C)(C)c1ccc(OOc2cccc(Cl)c2C(C)(C)C)cc1. The number of halogens is 1. The van der Waals surface area contributed by atoms with E-state index in [0.717, 1.165) is 5.56 Å². The summed E-state index contributed by atoms with van der Waals surface area (Å²) in [5.74, 6) is 1.31. The molecular weight excluding hydrogens is 308 g/mol. The predicted molar refractivity (Wildman–Crippen MR) is 96.6 cm³/mol. The molecule has 2 nitrogen and oxygen atoms in total. The number of hydrogen-bond donors (Lipinski definition) is 0. The molecule has 2 aromatic carbocycles. The van der Waals surface area contributed by atoms with E-state index in [-0.39, 0.29) is 10.8 Å². The van der Waals surface area contributed by atoms with Gasteiger partial charge in [0.05, 0.1) is 0 Å². The van der Waals surface area contributed by atoms with Crippen LogP contribution < -0.4 is 9.78 Å². The van der Waals surface area contributed by atoms with Gasteiger partial charge in [-0.2, -0.15) is 0 Å². The van der Waals surface area contributed by atoms with Crippen LogP contribution in [-0.4, -0.2) is 0 Å². The molecule has 3 heteroatoms. The summed E-state index contributed by atoms with van der Waals surface area (Å²) in [5, 5.41) is 0.682. The van der Waals surface area contributed by atoms with Crippen molar-refractivity contribution in [1.82, 2.24) is 0 Å². The standard InChI is InChI=1S/C20H25ClO2/c1-19(2,3)14-10-12-15(13-11-14)22-23-17-9-7-8-16(21)18(17)20(4,5)6/h7-13H,1-6H3. The minimum absolute atomic E-state index is 0.117. The minimum atomic E-state index is -0.132. The Bertz CT molecular complexity index is 662. The summed E-state index contributed by atoms with van der Waals surface area (Å²) >= 11 is 6.33. The van der Waals surface area contributed by atoms with Crippen LogP contribution >= 0.6 is 11.6 Å². The molecule has 0 aromatic heterocycles. The Morgan fingerprint density at radius 3 is 1.87 bits per heavy atom. The lowest BCUT2D eigenvalue weighted by Crippen LogP contribution is -2.15. The number of hydrogen-bond acceptors (Lipinski definition) is 2. The topological polar surface area (TPSA) is 18.5 Å². The van der Waals surface area contributed by atoms with Gasteiger partial charge in [0.1, 0.15) is 0 Å². The van der Waals surface area contributed by atoms with Crippen molar-refractivity contribution in [3.8, 4) is 11.5 Å². The molecule has 0 aliphatic heterocycles. The third kappa shape index (κ3) is 4.42. The lowest BCUT2D eigenvalue weighted by atomic mass is 9.86.